The van der Waals surface area contributed by atoms with E-state index < -0.39 is 42.6 Å². The fourth-order valence-corrected chi connectivity index (χ4v) is 14.5. The Hall–Kier alpha value is -6.99. The van der Waals surface area contributed by atoms with Gasteiger partial charge in [0.15, 0.2) is 0 Å². The van der Waals surface area contributed by atoms with Crippen LogP contribution in [0.2, 0.25) is 0 Å². The van der Waals surface area contributed by atoms with Crippen LogP contribution in [0.4, 0.5) is 38.9 Å². The minimum Gasteiger partial charge on any atom is -0.494 e. The Labute approximate surface area is 472 Å². The predicted octanol–water partition coefficient (Wildman–Crippen LogP) is 8.63. The van der Waals surface area contributed by atoms with Crippen molar-refractivity contribution in [2.75, 3.05) is 93.2 Å². The molecule has 416 valence electrons. The normalized spacial score (nSPS) is 20.3. The van der Waals surface area contributed by atoms with E-state index in [0.29, 0.717) is 64.2 Å². The molecule has 5 fully saturated rings. The number of aryl methyl sites for hydroxylation is 1. The highest BCUT2D eigenvalue weighted by atomic mass is 79.9. The molecular formula is C59H65BrFN12O6P. The van der Waals surface area contributed by atoms with Crippen molar-refractivity contribution in [1.29, 1.82) is 0 Å². The second kappa shape index (κ2) is 21.5. The molecule has 4 aromatic carbocycles. The zero-order valence-corrected chi connectivity index (χ0v) is 47.9. The zero-order valence-electron chi connectivity index (χ0n) is 45.4. The average molecular weight is 1170 g/mol. The molecule has 1 atom stereocenters. The van der Waals surface area contributed by atoms with E-state index in [1.54, 1.807) is 26.6 Å². The second-order valence-electron chi connectivity index (χ2n) is 22.7. The van der Waals surface area contributed by atoms with Gasteiger partial charge in [0.2, 0.25) is 17.8 Å². The van der Waals surface area contributed by atoms with Crippen molar-refractivity contribution < 1.29 is 32.9 Å². The maximum absolute atomic E-state index is 15.7. The standard InChI is InChI=1S/C59H65BrFN12O6P/c1-68-35-38(33-63-68)41-28-47(65-58-62-34-44(60)54(67-58)64-46-11-10-37(26-52(46)80(3,4)78)36-8-6-5-7-9-36)51(79-2)30-49(41)71-18-14-39(15-19-71)69-22-24-70(25-23-69)40-31-59(32-40)16-20-72(21-17-59)50-29-43-42(27-45(50)61)56(76)73(57(43)77)48-12-13-53(74)66-55(48)75/h5-11,26-30,33-35,39-40,48H,12-25,31-32H2,1-4H3,(H,66,74,75)(H2,62,64,65,67). The van der Waals surface area contributed by atoms with Crippen LogP contribution in [-0.2, 0) is 21.2 Å². The molecule has 6 aromatic rings. The molecule has 2 aromatic heterocycles. The second-order valence-corrected chi connectivity index (χ2v) is 26.7. The number of methoxy groups -OCH3 is 1. The maximum Gasteiger partial charge on any atom is 0.262 e. The lowest BCUT2D eigenvalue weighted by atomic mass is 9.60. The number of imide groups is 2. The largest absolute Gasteiger partial charge is 0.494 e. The minimum absolute atomic E-state index is 0.0228. The van der Waals surface area contributed by atoms with Crippen LogP contribution in [0.1, 0.15) is 72.1 Å². The molecule has 7 heterocycles. The van der Waals surface area contributed by atoms with Gasteiger partial charge in [0, 0.05) is 118 Å². The SMILES string of the molecule is COc1cc(N2CCC(N3CCN(C4CC5(CCN(c6cc7c(cc6F)C(=O)N(C6CCC(=O)NC6=O)C7=O)CC5)C4)CC3)CC2)c(-c2cnn(C)c2)cc1Nc1ncc(Br)c(Nc2ccc(-c3ccccc3)cc2P(C)(C)=O)n1. The van der Waals surface area contributed by atoms with Gasteiger partial charge in [0.25, 0.3) is 11.8 Å². The molecule has 6 aliphatic rings. The van der Waals surface area contributed by atoms with E-state index >= 15 is 4.39 Å². The summed E-state index contributed by atoms with van der Waals surface area (Å²) in [6.45, 7) is 10.8. The first-order chi connectivity index (χ1) is 38.5. The summed E-state index contributed by atoms with van der Waals surface area (Å²) in [5, 5.41) is 14.4. The number of hydrogen-bond donors (Lipinski definition) is 3. The third-order valence-electron chi connectivity index (χ3n) is 17.5. The van der Waals surface area contributed by atoms with Gasteiger partial charge < -0.3 is 29.7 Å². The molecule has 5 aliphatic heterocycles. The van der Waals surface area contributed by atoms with Gasteiger partial charge in [-0.05, 0) is 121 Å². The Morgan fingerprint density at radius 1 is 0.738 bits per heavy atom. The number of hydrogen-bond acceptors (Lipinski definition) is 15. The monoisotopic (exact) mass is 1170 g/mol. The first-order valence-electron chi connectivity index (χ1n) is 27.6. The van der Waals surface area contributed by atoms with Gasteiger partial charge in [-0.3, -0.25) is 43.9 Å². The van der Waals surface area contributed by atoms with Gasteiger partial charge in [-0.25, -0.2) is 9.37 Å². The number of halogens is 2. The van der Waals surface area contributed by atoms with Gasteiger partial charge in [-0.1, -0.05) is 36.4 Å². The number of nitrogens with zero attached hydrogens (tertiary/aromatic N) is 9. The summed E-state index contributed by atoms with van der Waals surface area (Å²) in [5.41, 5.74) is 7.09. The number of nitrogens with one attached hydrogen (secondary N) is 3. The lowest BCUT2D eigenvalue weighted by molar-refractivity contribution is -0.136. The summed E-state index contributed by atoms with van der Waals surface area (Å²) in [7, 11) is 0.877. The Balaban J connectivity index is 0.657. The van der Waals surface area contributed by atoms with Gasteiger partial charge in [-0.2, -0.15) is 10.1 Å². The van der Waals surface area contributed by atoms with Crippen LogP contribution < -0.4 is 35.8 Å². The number of ether oxygens (including phenoxy) is 1. The van der Waals surface area contributed by atoms with E-state index in [1.165, 1.54) is 6.07 Å². The van der Waals surface area contributed by atoms with Crippen molar-refractivity contribution in [3.63, 3.8) is 0 Å². The quantitative estimate of drug-likeness (QED) is 0.0735. The predicted molar refractivity (Wildman–Crippen MR) is 311 cm³/mol. The van der Waals surface area contributed by atoms with Crippen molar-refractivity contribution in [2.24, 2.45) is 12.5 Å². The molecule has 80 heavy (non-hydrogen) atoms. The molecule has 1 unspecified atom stereocenters. The smallest absolute Gasteiger partial charge is 0.262 e. The maximum atomic E-state index is 15.7. The lowest BCUT2D eigenvalue weighted by Gasteiger charge is -2.57. The minimum atomic E-state index is -2.72. The first kappa shape index (κ1) is 53.6. The number of aromatic nitrogens is 4. The summed E-state index contributed by atoms with van der Waals surface area (Å²) in [6.07, 6.45) is 11.9. The topological polar surface area (TPSA) is 190 Å². The molecule has 12 rings (SSSR count). The van der Waals surface area contributed by atoms with Crippen LogP contribution in [0.25, 0.3) is 22.3 Å². The number of carbonyl (C=O) groups excluding carboxylic acids is 4. The van der Waals surface area contributed by atoms with Crippen LogP contribution in [0.15, 0.2) is 95.9 Å². The summed E-state index contributed by atoms with van der Waals surface area (Å²) in [4.78, 5) is 71.3. The van der Waals surface area contributed by atoms with E-state index in [-0.39, 0.29) is 29.4 Å². The number of amides is 4. The third kappa shape index (κ3) is 10.4. The van der Waals surface area contributed by atoms with E-state index in [1.807, 2.05) is 77.6 Å². The average Bonchev–Trinajstić information content (AvgIpc) is 4.04. The highest BCUT2D eigenvalue weighted by Gasteiger charge is 2.50. The van der Waals surface area contributed by atoms with Crippen LogP contribution >= 0.6 is 23.1 Å². The van der Waals surface area contributed by atoms with E-state index in [2.05, 4.69) is 68.8 Å². The molecule has 1 spiro atoms. The Bertz CT molecular complexity index is 3470. The summed E-state index contributed by atoms with van der Waals surface area (Å²) < 4.78 is 37.9. The molecule has 4 amide bonds. The zero-order chi connectivity index (χ0) is 55.6. The molecule has 1 aliphatic carbocycles. The number of benzene rings is 4. The van der Waals surface area contributed by atoms with Crippen molar-refractivity contribution in [1.82, 2.24) is 39.8 Å². The molecular weight excluding hydrogens is 1100 g/mol. The van der Waals surface area contributed by atoms with Crippen LogP contribution in [0.3, 0.4) is 0 Å². The van der Waals surface area contributed by atoms with Crippen LogP contribution in [0, 0.1) is 11.2 Å². The van der Waals surface area contributed by atoms with E-state index in [4.69, 9.17) is 9.72 Å². The Morgan fingerprint density at radius 3 is 2.09 bits per heavy atom. The van der Waals surface area contributed by atoms with Crippen LogP contribution in [0.5, 0.6) is 5.75 Å². The Kier molecular flexibility index (Phi) is 14.4. The molecule has 21 heteroatoms. The van der Waals surface area contributed by atoms with Gasteiger partial charge in [-0.15, -0.1) is 0 Å². The molecule has 0 bridgehead atoms. The van der Waals surface area contributed by atoms with Crippen molar-refractivity contribution in [3.05, 3.63) is 113 Å². The molecule has 18 nitrogen and oxygen atoms in total. The molecule has 0 radical (unpaired) electrons. The summed E-state index contributed by atoms with van der Waals surface area (Å²) in [6, 6.07) is 22.8. The van der Waals surface area contributed by atoms with Gasteiger partial charge >= 0.3 is 0 Å². The Morgan fingerprint density at radius 2 is 1.43 bits per heavy atom. The van der Waals surface area contributed by atoms with Crippen molar-refractivity contribution >= 4 is 86.5 Å². The fourth-order valence-electron chi connectivity index (χ4n) is 13.0. The van der Waals surface area contributed by atoms with E-state index in [9.17, 15) is 23.7 Å². The van der Waals surface area contributed by atoms with Crippen molar-refractivity contribution in [2.45, 2.75) is 69.5 Å². The summed E-state index contributed by atoms with van der Waals surface area (Å²) in [5.74, 6) is -1.50. The molecule has 3 N–H and O–H groups in total. The summed E-state index contributed by atoms with van der Waals surface area (Å²) >= 11 is 3.65. The first-order valence-corrected chi connectivity index (χ1v) is 31.0. The fraction of sp³-hybridized carbons (Fsp3) is 0.407. The highest BCUT2D eigenvalue weighted by molar-refractivity contribution is 9.10. The lowest BCUT2D eigenvalue weighted by Crippen LogP contribution is -2.60. The van der Waals surface area contributed by atoms with Crippen LogP contribution in [-0.4, -0.2) is 149 Å². The highest BCUT2D eigenvalue weighted by Crippen LogP contribution is 2.52. The number of piperidine rings is 3. The molecule has 1 saturated carbocycles. The van der Waals surface area contributed by atoms with Gasteiger partial charge in [0.05, 0.1) is 46.0 Å². The number of fused-ring (bicyclic) bond motifs is 1. The number of piperazine rings is 1. The third-order valence-corrected chi connectivity index (χ3v) is 19.6. The number of rotatable bonds is 13. The van der Waals surface area contributed by atoms with Gasteiger partial charge in [0.1, 0.15) is 30.6 Å². The number of carbonyl (C=O) groups is 4. The number of anilines is 6. The molecule has 4 saturated heterocycles. The van der Waals surface area contributed by atoms with Crippen molar-refractivity contribution in [3.8, 4) is 28.0 Å². The van der Waals surface area contributed by atoms with E-state index in [0.717, 1.165) is 122 Å².